The molecule has 0 aliphatic carbocycles. The van der Waals surface area contributed by atoms with Crippen molar-refractivity contribution in [3.8, 4) is 0 Å². The van der Waals surface area contributed by atoms with Crippen molar-refractivity contribution in [1.29, 1.82) is 0 Å². The number of nitrogen functional groups attached to an aromatic ring is 1. The van der Waals surface area contributed by atoms with Gasteiger partial charge in [0, 0.05) is 18.9 Å². The molecule has 116 valence electrons. The van der Waals surface area contributed by atoms with Crippen LogP contribution in [-0.2, 0) is 14.3 Å². The number of anilines is 2. The van der Waals surface area contributed by atoms with Gasteiger partial charge in [0.1, 0.15) is 6.10 Å². The highest BCUT2D eigenvalue weighted by molar-refractivity contribution is 6.34. The van der Waals surface area contributed by atoms with Gasteiger partial charge in [0.25, 0.3) is 5.91 Å². The van der Waals surface area contributed by atoms with Crippen molar-refractivity contribution in [2.24, 2.45) is 5.92 Å². The predicted octanol–water partition coefficient (Wildman–Crippen LogP) is 2.69. The molecule has 0 radical (unpaired) electrons. The fourth-order valence-corrected chi connectivity index (χ4v) is 2.37. The number of benzene rings is 1. The Bertz CT molecular complexity index is 490. The summed E-state index contributed by atoms with van der Waals surface area (Å²) in [7, 11) is 0. The van der Waals surface area contributed by atoms with E-state index >= 15 is 0 Å². The highest BCUT2D eigenvalue weighted by atomic mass is 35.5. The Morgan fingerprint density at radius 3 is 2.90 bits per heavy atom. The molecule has 0 aromatic heterocycles. The molecule has 1 heterocycles. The topological polar surface area (TPSA) is 73.6 Å². The van der Waals surface area contributed by atoms with Gasteiger partial charge in [-0.3, -0.25) is 4.79 Å². The van der Waals surface area contributed by atoms with Crippen molar-refractivity contribution >= 4 is 28.9 Å². The summed E-state index contributed by atoms with van der Waals surface area (Å²) in [5, 5.41) is 3.17. The molecule has 1 amide bonds. The molecule has 1 aromatic rings. The van der Waals surface area contributed by atoms with Crippen LogP contribution in [0.5, 0.6) is 0 Å². The average molecular weight is 313 g/mol. The first kappa shape index (κ1) is 16.1. The molecule has 1 aliphatic heterocycles. The van der Waals surface area contributed by atoms with Crippen LogP contribution in [0.1, 0.15) is 19.8 Å². The largest absolute Gasteiger partial charge is 0.399 e. The zero-order valence-corrected chi connectivity index (χ0v) is 12.9. The third-order valence-electron chi connectivity index (χ3n) is 3.54. The normalized spacial score (nSPS) is 17.4. The van der Waals surface area contributed by atoms with Crippen molar-refractivity contribution in [1.82, 2.24) is 0 Å². The summed E-state index contributed by atoms with van der Waals surface area (Å²) in [6.07, 6.45) is 1.44. The summed E-state index contributed by atoms with van der Waals surface area (Å²) in [5.74, 6) is 0.253. The summed E-state index contributed by atoms with van der Waals surface area (Å²) in [4.78, 5) is 12.1. The van der Waals surface area contributed by atoms with Gasteiger partial charge in [-0.2, -0.15) is 0 Å². The third kappa shape index (κ3) is 4.88. The molecule has 6 heteroatoms. The summed E-state index contributed by atoms with van der Waals surface area (Å²) in [6.45, 7) is 3.86. The SMILES string of the molecule is CC(OCC1CCOCC1)C(=O)Nc1ccc(N)cc1Cl. The molecule has 5 nitrogen and oxygen atoms in total. The van der Waals surface area contributed by atoms with Crippen LogP contribution < -0.4 is 11.1 Å². The molecule has 0 saturated carbocycles. The van der Waals surface area contributed by atoms with Crippen molar-refractivity contribution < 1.29 is 14.3 Å². The molecular formula is C15H21ClN2O3. The molecule has 2 rings (SSSR count). The van der Waals surface area contributed by atoms with Crippen LogP contribution in [0.15, 0.2) is 18.2 Å². The molecular weight excluding hydrogens is 292 g/mol. The van der Waals surface area contributed by atoms with E-state index in [2.05, 4.69) is 5.32 Å². The minimum atomic E-state index is -0.526. The monoisotopic (exact) mass is 312 g/mol. The van der Waals surface area contributed by atoms with Crippen molar-refractivity contribution in [3.63, 3.8) is 0 Å². The number of carbonyl (C=O) groups excluding carboxylic acids is 1. The maximum absolute atomic E-state index is 12.1. The average Bonchev–Trinajstić information content (AvgIpc) is 2.48. The number of amides is 1. The van der Waals surface area contributed by atoms with E-state index in [0.717, 1.165) is 26.1 Å². The molecule has 1 unspecified atom stereocenters. The molecule has 0 bridgehead atoms. The van der Waals surface area contributed by atoms with Gasteiger partial charge in [0.05, 0.1) is 17.3 Å². The number of carbonyl (C=O) groups is 1. The number of nitrogens with one attached hydrogen (secondary N) is 1. The number of ether oxygens (including phenoxy) is 2. The lowest BCUT2D eigenvalue weighted by Crippen LogP contribution is -2.30. The molecule has 1 fully saturated rings. The zero-order chi connectivity index (χ0) is 15.2. The van der Waals surface area contributed by atoms with Crippen LogP contribution in [-0.4, -0.2) is 31.8 Å². The number of hydrogen-bond acceptors (Lipinski definition) is 4. The van der Waals surface area contributed by atoms with Gasteiger partial charge in [-0.05, 0) is 43.9 Å². The van der Waals surface area contributed by atoms with Crippen molar-refractivity contribution in [2.75, 3.05) is 30.9 Å². The smallest absolute Gasteiger partial charge is 0.253 e. The third-order valence-corrected chi connectivity index (χ3v) is 3.86. The van der Waals surface area contributed by atoms with E-state index in [1.165, 1.54) is 0 Å². The maximum Gasteiger partial charge on any atom is 0.253 e. The van der Waals surface area contributed by atoms with Gasteiger partial charge in [0.2, 0.25) is 0 Å². The zero-order valence-electron chi connectivity index (χ0n) is 12.1. The Morgan fingerprint density at radius 1 is 1.52 bits per heavy atom. The van der Waals surface area contributed by atoms with Gasteiger partial charge in [-0.25, -0.2) is 0 Å². The van der Waals surface area contributed by atoms with Crippen LogP contribution in [0.4, 0.5) is 11.4 Å². The van der Waals surface area contributed by atoms with Gasteiger partial charge in [-0.15, -0.1) is 0 Å². The summed E-state index contributed by atoms with van der Waals surface area (Å²) in [6, 6.07) is 4.97. The number of hydrogen-bond donors (Lipinski definition) is 2. The van der Waals surface area contributed by atoms with E-state index in [0.29, 0.717) is 28.9 Å². The second-order valence-corrected chi connectivity index (χ2v) is 5.67. The first-order valence-corrected chi connectivity index (χ1v) is 7.49. The Labute approximate surface area is 129 Å². The number of halogens is 1. The van der Waals surface area contributed by atoms with Gasteiger partial charge in [-0.1, -0.05) is 11.6 Å². The van der Waals surface area contributed by atoms with E-state index in [1.807, 2.05) is 0 Å². The maximum atomic E-state index is 12.1. The van der Waals surface area contributed by atoms with E-state index in [1.54, 1.807) is 25.1 Å². The molecule has 0 spiro atoms. The predicted molar refractivity (Wildman–Crippen MR) is 83.5 cm³/mol. The van der Waals surface area contributed by atoms with Crippen LogP contribution in [0.25, 0.3) is 0 Å². The minimum Gasteiger partial charge on any atom is -0.399 e. The molecule has 1 atom stereocenters. The lowest BCUT2D eigenvalue weighted by molar-refractivity contribution is -0.127. The van der Waals surface area contributed by atoms with Gasteiger partial charge >= 0.3 is 0 Å². The Kier molecular flexibility index (Phi) is 5.85. The summed E-state index contributed by atoms with van der Waals surface area (Å²) >= 11 is 6.03. The molecule has 1 aliphatic rings. The lowest BCUT2D eigenvalue weighted by atomic mass is 10.0. The molecule has 21 heavy (non-hydrogen) atoms. The number of rotatable bonds is 5. The molecule has 1 saturated heterocycles. The lowest BCUT2D eigenvalue weighted by Gasteiger charge is -2.23. The van der Waals surface area contributed by atoms with E-state index < -0.39 is 6.10 Å². The molecule has 1 aromatic carbocycles. The number of nitrogens with two attached hydrogens (primary N) is 1. The van der Waals surface area contributed by atoms with E-state index in [9.17, 15) is 4.79 Å². The van der Waals surface area contributed by atoms with Crippen LogP contribution in [0.3, 0.4) is 0 Å². The van der Waals surface area contributed by atoms with Crippen LogP contribution in [0.2, 0.25) is 5.02 Å². The minimum absolute atomic E-state index is 0.214. The fourth-order valence-electron chi connectivity index (χ4n) is 2.14. The highest BCUT2D eigenvalue weighted by Gasteiger charge is 2.19. The van der Waals surface area contributed by atoms with Crippen LogP contribution >= 0.6 is 11.6 Å². The standard InChI is InChI=1S/C15H21ClN2O3/c1-10(21-9-11-4-6-20-7-5-11)15(19)18-14-3-2-12(17)8-13(14)16/h2-3,8,10-11H,4-7,9,17H2,1H3,(H,18,19). The summed E-state index contributed by atoms with van der Waals surface area (Å²) < 4.78 is 10.9. The Balaban J connectivity index is 1.81. The Hall–Kier alpha value is -1.30. The fraction of sp³-hybridized carbons (Fsp3) is 0.533. The van der Waals surface area contributed by atoms with Gasteiger partial charge < -0.3 is 20.5 Å². The quantitative estimate of drug-likeness (QED) is 0.820. The summed E-state index contributed by atoms with van der Waals surface area (Å²) in [5.41, 5.74) is 6.71. The van der Waals surface area contributed by atoms with E-state index in [4.69, 9.17) is 26.8 Å². The first-order valence-electron chi connectivity index (χ1n) is 7.11. The van der Waals surface area contributed by atoms with E-state index in [-0.39, 0.29) is 5.91 Å². The van der Waals surface area contributed by atoms with Crippen molar-refractivity contribution in [3.05, 3.63) is 23.2 Å². The van der Waals surface area contributed by atoms with Crippen molar-refractivity contribution in [2.45, 2.75) is 25.9 Å². The van der Waals surface area contributed by atoms with Gasteiger partial charge in [0.15, 0.2) is 0 Å². The van der Waals surface area contributed by atoms with Crippen LogP contribution in [0, 0.1) is 5.92 Å². The second kappa shape index (κ2) is 7.64. The highest BCUT2D eigenvalue weighted by Crippen LogP contribution is 2.24. The first-order chi connectivity index (χ1) is 10.1. The Morgan fingerprint density at radius 2 is 2.24 bits per heavy atom. The molecule has 3 N–H and O–H groups in total. The second-order valence-electron chi connectivity index (χ2n) is 5.26.